The molecule has 2 aromatic heterocycles. The SMILES string of the molecule is FC(F)(F)c1ccc(/C=C/c2nc(COCC3(COCc4coc(/C=C/c5ccc(C(F)(F)F)cc5)n4)COCOC3)co2)cc1. The lowest BCUT2D eigenvalue weighted by Crippen LogP contribution is -2.45. The van der Waals surface area contributed by atoms with Gasteiger partial charge < -0.3 is 27.8 Å². The summed E-state index contributed by atoms with van der Waals surface area (Å²) in [7, 11) is 0. The molecule has 0 atom stereocenters. The van der Waals surface area contributed by atoms with Crippen LogP contribution in [0.25, 0.3) is 24.3 Å². The van der Waals surface area contributed by atoms with E-state index in [1.165, 1.54) is 36.8 Å². The summed E-state index contributed by atoms with van der Waals surface area (Å²) in [5.74, 6) is 0.532. The lowest BCUT2D eigenvalue weighted by atomic mass is 9.92. The molecule has 5 rings (SSSR count). The van der Waals surface area contributed by atoms with Crippen LogP contribution in [-0.4, -0.2) is 43.2 Å². The Morgan fingerprint density at radius 3 is 1.43 bits per heavy atom. The van der Waals surface area contributed by atoms with E-state index in [4.69, 9.17) is 27.8 Å². The average molecular weight is 651 g/mol. The second-order valence-electron chi connectivity index (χ2n) is 10.6. The molecule has 1 aliphatic heterocycles. The molecule has 14 heteroatoms. The molecule has 0 aliphatic carbocycles. The zero-order chi connectivity index (χ0) is 32.6. The van der Waals surface area contributed by atoms with Crippen LogP contribution in [0.4, 0.5) is 26.3 Å². The Balaban J connectivity index is 1.08. The molecule has 46 heavy (non-hydrogen) atoms. The quantitative estimate of drug-likeness (QED) is 0.144. The lowest BCUT2D eigenvalue weighted by molar-refractivity contribution is -0.200. The molecule has 4 aromatic rings. The number of nitrogens with zero attached hydrogens (tertiary/aromatic N) is 2. The van der Waals surface area contributed by atoms with Gasteiger partial charge in [0.25, 0.3) is 0 Å². The number of oxazole rings is 2. The van der Waals surface area contributed by atoms with Crippen LogP contribution >= 0.6 is 0 Å². The third-order valence-corrected chi connectivity index (χ3v) is 6.75. The zero-order valence-corrected chi connectivity index (χ0v) is 24.1. The van der Waals surface area contributed by atoms with Gasteiger partial charge in [0.05, 0.1) is 56.2 Å². The first kappa shape index (κ1) is 33.1. The van der Waals surface area contributed by atoms with Gasteiger partial charge >= 0.3 is 12.4 Å². The highest BCUT2D eigenvalue weighted by atomic mass is 19.4. The molecule has 3 heterocycles. The van der Waals surface area contributed by atoms with E-state index in [0.29, 0.717) is 35.7 Å². The highest BCUT2D eigenvalue weighted by molar-refractivity contribution is 5.66. The van der Waals surface area contributed by atoms with Gasteiger partial charge in [-0.15, -0.1) is 0 Å². The second-order valence-corrected chi connectivity index (χ2v) is 10.6. The highest BCUT2D eigenvalue weighted by Crippen LogP contribution is 2.30. The van der Waals surface area contributed by atoms with Crippen LogP contribution in [0.1, 0.15) is 45.4 Å². The van der Waals surface area contributed by atoms with Crippen molar-refractivity contribution < 1.29 is 54.1 Å². The fourth-order valence-corrected chi connectivity index (χ4v) is 4.40. The Labute approximate surface area is 259 Å². The highest BCUT2D eigenvalue weighted by Gasteiger charge is 2.35. The van der Waals surface area contributed by atoms with Crippen LogP contribution in [0.5, 0.6) is 0 Å². The van der Waals surface area contributed by atoms with Crippen LogP contribution in [-0.2, 0) is 44.5 Å². The molecule has 0 amide bonds. The number of rotatable bonds is 12. The van der Waals surface area contributed by atoms with Crippen molar-refractivity contribution in [3.05, 3.63) is 106 Å². The predicted octanol–water partition coefficient (Wildman–Crippen LogP) is 7.77. The van der Waals surface area contributed by atoms with Crippen LogP contribution in [0.2, 0.25) is 0 Å². The molecule has 0 unspecified atom stereocenters. The normalized spacial score (nSPS) is 15.7. The summed E-state index contributed by atoms with van der Waals surface area (Å²) < 4.78 is 110. The van der Waals surface area contributed by atoms with Crippen LogP contribution < -0.4 is 0 Å². The molecule has 0 radical (unpaired) electrons. The standard InChI is InChI=1S/C32H28F6N2O6/c33-31(34,35)24-7-1-22(2-8-24)5-11-28-39-26(15-45-28)13-41-17-30(19-43-21-44-20-30)18-42-14-27-16-46-29(40-27)12-6-23-3-9-25(10-4-23)32(36,37)38/h1-12,15-16H,13-14,17-21H2/b11-5+,12-6+. The number of ether oxygens (including phenoxy) is 4. The largest absolute Gasteiger partial charge is 0.445 e. The second kappa shape index (κ2) is 14.5. The Kier molecular flexibility index (Phi) is 10.4. The van der Waals surface area contributed by atoms with Crippen molar-refractivity contribution in [2.75, 3.05) is 33.2 Å². The first-order chi connectivity index (χ1) is 22.0. The van der Waals surface area contributed by atoms with Crippen molar-refractivity contribution in [2.24, 2.45) is 5.41 Å². The van der Waals surface area contributed by atoms with Crippen LogP contribution in [0.3, 0.4) is 0 Å². The van der Waals surface area contributed by atoms with Crippen molar-refractivity contribution in [1.29, 1.82) is 0 Å². The minimum absolute atomic E-state index is 0.122. The minimum atomic E-state index is -4.40. The smallest absolute Gasteiger partial charge is 0.416 e. The Hall–Kier alpha value is -4.24. The van der Waals surface area contributed by atoms with E-state index in [-0.39, 0.29) is 45.0 Å². The lowest BCUT2D eigenvalue weighted by Gasteiger charge is -2.35. The van der Waals surface area contributed by atoms with E-state index in [1.807, 2.05) is 0 Å². The van der Waals surface area contributed by atoms with Gasteiger partial charge in [-0.25, -0.2) is 9.97 Å². The summed E-state index contributed by atoms with van der Waals surface area (Å²) in [6.45, 7) is 1.49. The summed E-state index contributed by atoms with van der Waals surface area (Å²) in [5.41, 5.74) is 0.0754. The number of aromatic nitrogens is 2. The molecule has 0 bridgehead atoms. The first-order valence-electron chi connectivity index (χ1n) is 13.9. The third-order valence-electron chi connectivity index (χ3n) is 6.75. The molecule has 0 spiro atoms. The molecule has 0 saturated carbocycles. The number of hydrogen-bond donors (Lipinski definition) is 0. The summed E-state index contributed by atoms with van der Waals surface area (Å²) in [4.78, 5) is 8.64. The van der Waals surface area contributed by atoms with Crippen LogP contribution in [0.15, 0.2) is 69.9 Å². The van der Waals surface area contributed by atoms with Crippen molar-refractivity contribution in [3.8, 4) is 0 Å². The maximum absolute atomic E-state index is 12.7. The third kappa shape index (κ3) is 9.39. The molecule has 2 aromatic carbocycles. The van der Waals surface area contributed by atoms with Crippen molar-refractivity contribution >= 4 is 24.3 Å². The monoisotopic (exact) mass is 650 g/mol. The fourth-order valence-electron chi connectivity index (χ4n) is 4.40. The summed E-state index contributed by atoms with van der Waals surface area (Å²) in [6.07, 6.45) is 0.332. The van der Waals surface area contributed by atoms with Gasteiger partial charge in [0.1, 0.15) is 30.7 Å². The van der Waals surface area contributed by atoms with Crippen molar-refractivity contribution in [2.45, 2.75) is 25.6 Å². The Bertz CT molecular complexity index is 1490. The zero-order valence-electron chi connectivity index (χ0n) is 24.1. The molecular weight excluding hydrogens is 622 g/mol. The van der Waals surface area contributed by atoms with Gasteiger partial charge in [-0.3, -0.25) is 0 Å². The summed E-state index contributed by atoms with van der Waals surface area (Å²) >= 11 is 0. The Morgan fingerprint density at radius 1 is 0.630 bits per heavy atom. The molecule has 1 fully saturated rings. The maximum atomic E-state index is 12.7. The van der Waals surface area contributed by atoms with E-state index in [1.54, 1.807) is 24.3 Å². The van der Waals surface area contributed by atoms with Crippen LogP contribution in [0, 0.1) is 5.41 Å². The molecule has 244 valence electrons. The van der Waals surface area contributed by atoms with Gasteiger partial charge in [-0.05, 0) is 47.5 Å². The average Bonchev–Trinajstić information content (AvgIpc) is 3.68. The number of hydrogen-bond acceptors (Lipinski definition) is 8. The molecule has 8 nitrogen and oxygen atoms in total. The van der Waals surface area contributed by atoms with Gasteiger partial charge in [0.15, 0.2) is 0 Å². The van der Waals surface area contributed by atoms with Gasteiger partial charge in [0, 0.05) is 12.2 Å². The summed E-state index contributed by atoms with van der Waals surface area (Å²) in [6, 6.07) is 9.43. The molecule has 1 saturated heterocycles. The minimum Gasteiger partial charge on any atom is -0.445 e. The number of alkyl halides is 6. The topological polar surface area (TPSA) is 89.0 Å². The van der Waals surface area contributed by atoms with E-state index in [0.717, 1.165) is 24.3 Å². The van der Waals surface area contributed by atoms with Gasteiger partial charge in [-0.1, -0.05) is 24.3 Å². The summed E-state index contributed by atoms with van der Waals surface area (Å²) in [5, 5.41) is 0. The maximum Gasteiger partial charge on any atom is 0.416 e. The van der Waals surface area contributed by atoms with Gasteiger partial charge in [0.2, 0.25) is 11.8 Å². The fraction of sp³-hybridized carbons (Fsp3) is 0.312. The first-order valence-corrected chi connectivity index (χ1v) is 13.9. The number of halogens is 6. The van der Waals surface area contributed by atoms with E-state index >= 15 is 0 Å². The van der Waals surface area contributed by atoms with Crippen molar-refractivity contribution in [3.63, 3.8) is 0 Å². The number of benzene rings is 2. The van der Waals surface area contributed by atoms with E-state index < -0.39 is 28.9 Å². The van der Waals surface area contributed by atoms with E-state index in [2.05, 4.69) is 9.97 Å². The molecule has 0 N–H and O–H groups in total. The molecular formula is C32H28F6N2O6. The Morgan fingerprint density at radius 2 is 1.04 bits per heavy atom. The van der Waals surface area contributed by atoms with Gasteiger partial charge in [-0.2, -0.15) is 26.3 Å². The molecule has 1 aliphatic rings. The predicted molar refractivity (Wildman–Crippen MR) is 152 cm³/mol. The van der Waals surface area contributed by atoms with E-state index in [9.17, 15) is 26.3 Å². The van der Waals surface area contributed by atoms with Crippen molar-refractivity contribution in [1.82, 2.24) is 9.97 Å².